The number of aromatic nitrogens is 4. The zero-order valence-electron chi connectivity index (χ0n) is 13.7. The number of hydrogen-bond acceptors (Lipinski definition) is 6. The van der Waals surface area contributed by atoms with E-state index >= 15 is 0 Å². The molecule has 0 saturated heterocycles. The van der Waals surface area contributed by atoms with E-state index in [1.54, 1.807) is 17.5 Å². The Morgan fingerprint density at radius 1 is 1.12 bits per heavy atom. The minimum atomic E-state index is 0.231. The molecule has 0 amide bonds. The zero-order chi connectivity index (χ0) is 16.5. The Morgan fingerprint density at radius 3 is 2.67 bits per heavy atom. The predicted octanol–water partition coefficient (Wildman–Crippen LogP) is 4.18. The van der Waals surface area contributed by atoms with Crippen molar-refractivity contribution in [2.75, 3.05) is 5.32 Å². The molecule has 0 aliphatic heterocycles. The lowest BCUT2D eigenvalue weighted by atomic mass is 10.2. The SMILES string of the molecule is Cc1cc(N[C@H](c2nc(C)cs2)C2CC2)nc(-c2ccccn2)n1. The van der Waals surface area contributed by atoms with E-state index in [0.29, 0.717) is 11.7 Å². The van der Waals surface area contributed by atoms with Gasteiger partial charge in [0, 0.05) is 29.0 Å². The highest BCUT2D eigenvalue weighted by molar-refractivity contribution is 7.09. The first-order valence-corrected chi connectivity index (χ1v) is 9.02. The lowest BCUT2D eigenvalue weighted by Gasteiger charge is -2.17. The molecule has 0 bridgehead atoms. The van der Waals surface area contributed by atoms with E-state index in [0.717, 1.165) is 27.9 Å². The second kappa shape index (κ2) is 6.28. The van der Waals surface area contributed by atoms with Gasteiger partial charge in [-0.25, -0.2) is 15.0 Å². The van der Waals surface area contributed by atoms with Gasteiger partial charge in [-0.2, -0.15) is 0 Å². The van der Waals surface area contributed by atoms with Crippen molar-refractivity contribution in [2.24, 2.45) is 5.92 Å². The van der Waals surface area contributed by atoms with Crippen molar-refractivity contribution in [3.8, 4) is 11.5 Å². The Balaban J connectivity index is 1.65. The number of nitrogens with one attached hydrogen (secondary N) is 1. The summed E-state index contributed by atoms with van der Waals surface area (Å²) in [7, 11) is 0. The Labute approximate surface area is 145 Å². The smallest absolute Gasteiger partial charge is 0.180 e. The van der Waals surface area contributed by atoms with Gasteiger partial charge in [-0.05, 0) is 44.7 Å². The molecule has 1 aliphatic rings. The Hall–Kier alpha value is -2.34. The second-order valence-electron chi connectivity index (χ2n) is 6.22. The third kappa shape index (κ3) is 3.28. The summed E-state index contributed by atoms with van der Waals surface area (Å²) in [5.74, 6) is 2.14. The molecule has 1 saturated carbocycles. The van der Waals surface area contributed by atoms with Gasteiger partial charge >= 0.3 is 0 Å². The third-order valence-electron chi connectivity index (χ3n) is 4.05. The van der Waals surface area contributed by atoms with Gasteiger partial charge in [-0.15, -0.1) is 11.3 Å². The molecule has 0 radical (unpaired) electrons. The quantitative estimate of drug-likeness (QED) is 0.757. The van der Waals surface area contributed by atoms with Crippen molar-refractivity contribution >= 4 is 17.2 Å². The molecule has 1 N–H and O–H groups in total. The largest absolute Gasteiger partial charge is 0.360 e. The molecule has 3 heterocycles. The van der Waals surface area contributed by atoms with Crippen LogP contribution in [0.25, 0.3) is 11.5 Å². The molecule has 1 fully saturated rings. The summed E-state index contributed by atoms with van der Waals surface area (Å²) in [6.07, 6.45) is 4.25. The first kappa shape index (κ1) is 15.2. The molecule has 3 aromatic heterocycles. The molecule has 4 rings (SSSR count). The minimum Gasteiger partial charge on any atom is -0.360 e. The van der Waals surface area contributed by atoms with Crippen molar-refractivity contribution in [2.45, 2.75) is 32.7 Å². The Morgan fingerprint density at radius 2 is 2.00 bits per heavy atom. The maximum absolute atomic E-state index is 4.68. The number of anilines is 1. The fourth-order valence-electron chi connectivity index (χ4n) is 2.74. The van der Waals surface area contributed by atoms with Crippen LogP contribution in [0.1, 0.15) is 35.3 Å². The summed E-state index contributed by atoms with van der Waals surface area (Å²) in [6.45, 7) is 4.02. The molecule has 3 aromatic rings. The van der Waals surface area contributed by atoms with E-state index in [2.05, 4.69) is 30.6 Å². The van der Waals surface area contributed by atoms with Crippen LogP contribution in [0.2, 0.25) is 0 Å². The molecule has 6 heteroatoms. The molecule has 1 aliphatic carbocycles. The van der Waals surface area contributed by atoms with E-state index in [1.807, 2.05) is 38.1 Å². The number of hydrogen-bond donors (Lipinski definition) is 1. The van der Waals surface area contributed by atoms with E-state index in [-0.39, 0.29) is 6.04 Å². The highest BCUT2D eigenvalue weighted by atomic mass is 32.1. The maximum atomic E-state index is 4.68. The van der Waals surface area contributed by atoms with Crippen molar-refractivity contribution in [3.63, 3.8) is 0 Å². The van der Waals surface area contributed by atoms with Gasteiger partial charge in [-0.3, -0.25) is 4.98 Å². The van der Waals surface area contributed by atoms with Crippen molar-refractivity contribution in [1.29, 1.82) is 0 Å². The Bertz CT molecular complexity index is 842. The summed E-state index contributed by atoms with van der Waals surface area (Å²) in [5, 5.41) is 6.84. The summed E-state index contributed by atoms with van der Waals surface area (Å²) in [6, 6.07) is 8.00. The normalized spacial score (nSPS) is 15.2. The van der Waals surface area contributed by atoms with Gasteiger partial charge in [-0.1, -0.05) is 6.07 Å². The maximum Gasteiger partial charge on any atom is 0.180 e. The van der Waals surface area contributed by atoms with Crippen molar-refractivity contribution in [1.82, 2.24) is 19.9 Å². The second-order valence-corrected chi connectivity index (χ2v) is 7.11. The molecular formula is C18H19N5S. The minimum absolute atomic E-state index is 0.231. The van der Waals surface area contributed by atoms with Gasteiger partial charge in [0.15, 0.2) is 5.82 Å². The van der Waals surface area contributed by atoms with E-state index < -0.39 is 0 Å². The summed E-state index contributed by atoms with van der Waals surface area (Å²) in [5.41, 5.74) is 2.80. The molecular weight excluding hydrogens is 318 g/mol. The van der Waals surface area contributed by atoms with Crippen LogP contribution in [-0.4, -0.2) is 19.9 Å². The highest BCUT2D eigenvalue weighted by Gasteiger charge is 2.34. The van der Waals surface area contributed by atoms with Gasteiger partial charge in [0.2, 0.25) is 0 Å². The van der Waals surface area contributed by atoms with Gasteiger partial charge in [0.05, 0.1) is 6.04 Å². The number of aryl methyl sites for hydroxylation is 2. The van der Waals surface area contributed by atoms with Crippen LogP contribution in [0, 0.1) is 19.8 Å². The number of pyridine rings is 1. The van der Waals surface area contributed by atoms with E-state index in [9.17, 15) is 0 Å². The van der Waals surface area contributed by atoms with Crippen LogP contribution in [0.3, 0.4) is 0 Å². The zero-order valence-corrected chi connectivity index (χ0v) is 14.5. The summed E-state index contributed by atoms with van der Waals surface area (Å²) < 4.78 is 0. The molecule has 0 aromatic carbocycles. The summed E-state index contributed by atoms with van der Waals surface area (Å²) >= 11 is 1.72. The van der Waals surface area contributed by atoms with Crippen LogP contribution in [0.15, 0.2) is 35.8 Å². The fourth-order valence-corrected chi connectivity index (χ4v) is 3.68. The van der Waals surface area contributed by atoms with Gasteiger partial charge in [0.25, 0.3) is 0 Å². The monoisotopic (exact) mass is 337 g/mol. The van der Waals surface area contributed by atoms with Crippen LogP contribution < -0.4 is 5.32 Å². The van der Waals surface area contributed by atoms with Gasteiger partial charge in [0.1, 0.15) is 16.5 Å². The first-order valence-electron chi connectivity index (χ1n) is 8.15. The van der Waals surface area contributed by atoms with E-state index in [4.69, 9.17) is 0 Å². The van der Waals surface area contributed by atoms with Crippen LogP contribution in [-0.2, 0) is 0 Å². The fraction of sp³-hybridized carbons (Fsp3) is 0.333. The third-order valence-corrected chi connectivity index (χ3v) is 5.09. The standard InChI is InChI=1S/C18H19N5S/c1-11-9-15(23-17(20-11)14-5-3-4-8-19-14)22-16(13-6-7-13)18-21-12(2)10-24-18/h3-5,8-10,13,16H,6-7H2,1-2H3,(H,20,22,23)/t16-/m0/s1. The average Bonchev–Trinajstić information content (AvgIpc) is 3.34. The topological polar surface area (TPSA) is 63.6 Å². The number of nitrogens with zero attached hydrogens (tertiary/aromatic N) is 4. The Kier molecular flexibility index (Phi) is 3.98. The van der Waals surface area contributed by atoms with Crippen LogP contribution in [0.4, 0.5) is 5.82 Å². The molecule has 122 valence electrons. The number of rotatable bonds is 5. The van der Waals surface area contributed by atoms with Gasteiger partial charge < -0.3 is 5.32 Å². The highest BCUT2D eigenvalue weighted by Crippen LogP contribution is 2.43. The lowest BCUT2D eigenvalue weighted by molar-refractivity contribution is 0.668. The molecule has 0 unspecified atom stereocenters. The summed E-state index contributed by atoms with van der Waals surface area (Å²) in [4.78, 5) is 18.2. The predicted molar refractivity (Wildman–Crippen MR) is 95.9 cm³/mol. The lowest BCUT2D eigenvalue weighted by Crippen LogP contribution is -2.14. The first-order chi connectivity index (χ1) is 11.7. The molecule has 24 heavy (non-hydrogen) atoms. The number of thiazole rings is 1. The van der Waals surface area contributed by atoms with Crippen LogP contribution >= 0.6 is 11.3 Å². The van der Waals surface area contributed by atoms with Crippen molar-refractivity contribution < 1.29 is 0 Å². The molecule has 0 spiro atoms. The van der Waals surface area contributed by atoms with Crippen molar-refractivity contribution in [3.05, 3.63) is 52.2 Å². The average molecular weight is 337 g/mol. The molecule has 5 nitrogen and oxygen atoms in total. The van der Waals surface area contributed by atoms with E-state index in [1.165, 1.54) is 12.8 Å². The van der Waals surface area contributed by atoms with Crippen LogP contribution in [0.5, 0.6) is 0 Å². The molecule has 1 atom stereocenters.